The van der Waals surface area contributed by atoms with Crippen molar-refractivity contribution >= 4 is 22.5 Å². The SMILES string of the molecule is COc1nc(Cl)nc(-c2ccc3nc(C)ccc3c2)n1. The maximum Gasteiger partial charge on any atom is 0.321 e. The molecule has 1 aromatic carbocycles. The quantitative estimate of drug-likeness (QED) is 0.724. The minimum absolute atomic E-state index is 0.106. The van der Waals surface area contributed by atoms with Crippen LogP contribution in [0.5, 0.6) is 6.01 Å². The van der Waals surface area contributed by atoms with Crippen molar-refractivity contribution < 1.29 is 4.74 Å². The molecule has 6 heteroatoms. The van der Waals surface area contributed by atoms with E-state index >= 15 is 0 Å². The average molecular weight is 287 g/mol. The van der Waals surface area contributed by atoms with Crippen LogP contribution < -0.4 is 4.74 Å². The van der Waals surface area contributed by atoms with E-state index in [9.17, 15) is 0 Å². The Morgan fingerprint density at radius 3 is 2.65 bits per heavy atom. The van der Waals surface area contributed by atoms with Crippen LogP contribution in [0.4, 0.5) is 0 Å². The summed E-state index contributed by atoms with van der Waals surface area (Å²) in [5, 5.41) is 1.12. The Bertz CT molecular complexity index is 791. The van der Waals surface area contributed by atoms with E-state index in [1.165, 1.54) is 7.11 Å². The highest BCUT2D eigenvalue weighted by Gasteiger charge is 2.08. The van der Waals surface area contributed by atoms with Gasteiger partial charge >= 0.3 is 6.01 Å². The minimum atomic E-state index is 0.106. The number of fused-ring (bicyclic) bond motifs is 1. The van der Waals surface area contributed by atoms with Crippen LogP contribution in [-0.2, 0) is 0 Å². The monoisotopic (exact) mass is 286 g/mol. The second-order valence-electron chi connectivity index (χ2n) is 4.27. The zero-order valence-corrected chi connectivity index (χ0v) is 11.7. The number of aryl methyl sites for hydroxylation is 1. The van der Waals surface area contributed by atoms with E-state index in [-0.39, 0.29) is 11.3 Å². The first kappa shape index (κ1) is 12.7. The molecule has 0 amide bonds. The first-order valence-corrected chi connectivity index (χ1v) is 6.37. The van der Waals surface area contributed by atoms with Gasteiger partial charge in [0, 0.05) is 16.6 Å². The average Bonchev–Trinajstić information content (AvgIpc) is 2.46. The molecule has 5 nitrogen and oxygen atoms in total. The van der Waals surface area contributed by atoms with Gasteiger partial charge in [-0.2, -0.15) is 15.0 Å². The standard InChI is InChI=1S/C14H11ClN4O/c1-8-3-4-9-7-10(5-6-11(9)16-8)12-17-13(15)19-14(18-12)20-2/h3-7H,1-2H3. The lowest BCUT2D eigenvalue weighted by molar-refractivity contribution is 0.379. The summed E-state index contributed by atoms with van der Waals surface area (Å²) in [6, 6.07) is 9.98. The molecular weight excluding hydrogens is 276 g/mol. The molecule has 2 aromatic heterocycles. The van der Waals surface area contributed by atoms with Crippen LogP contribution in [0.1, 0.15) is 5.69 Å². The fraction of sp³-hybridized carbons (Fsp3) is 0.143. The number of aromatic nitrogens is 4. The molecular formula is C14H11ClN4O. The molecule has 0 bridgehead atoms. The van der Waals surface area contributed by atoms with Gasteiger partial charge in [-0.25, -0.2) is 0 Å². The topological polar surface area (TPSA) is 60.8 Å². The third kappa shape index (κ3) is 2.40. The number of hydrogen-bond donors (Lipinski definition) is 0. The number of halogens is 1. The Hall–Kier alpha value is -2.27. The van der Waals surface area contributed by atoms with Crippen molar-refractivity contribution in [2.45, 2.75) is 6.92 Å². The van der Waals surface area contributed by atoms with Crippen LogP contribution in [0.15, 0.2) is 30.3 Å². The molecule has 0 unspecified atom stereocenters. The highest BCUT2D eigenvalue weighted by Crippen LogP contribution is 2.23. The van der Waals surface area contributed by atoms with Gasteiger partial charge in [-0.1, -0.05) is 6.07 Å². The molecule has 0 aliphatic heterocycles. The van der Waals surface area contributed by atoms with Gasteiger partial charge in [0.2, 0.25) is 5.28 Å². The Balaban J connectivity index is 2.14. The normalized spacial score (nSPS) is 10.8. The molecule has 20 heavy (non-hydrogen) atoms. The largest absolute Gasteiger partial charge is 0.467 e. The van der Waals surface area contributed by atoms with Crippen LogP contribution in [0, 0.1) is 6.92 Å². The number of rotatable bonds is 2. The summed E-state index contributed by atoms with van der Waals surface area (Å²) in [6.07, 6.45) is 0. The first-order valence-electron chi connectivity index (χ1n) is 5.99. The van der Waals surface area contributed by atoms with Gasteiger partial charge in [-0.3, -0.25) is 4.98 Å². The predicted molar refractivity (Wildman–Crippen MR) is 76.9 cm³/mol. The lowest BCUT2D eigenvalue weighted by Crippen LogP contribution is -1.98. The molecule has 0 radical (unpaired) electrons. The van der Waals surface area contributed by atoms with Gasteiger partial charge in [0.15, 0.2) is 5.82 Å². The van der Waals surface area contributed by atoms with Crippen LogP contribution in [0.25, 0.3) is 22.3 Å². The van der Waals surface area contributed by atoms with Gasteiger partial charge in [0.1, 0.15) is 0 Å². The number of benzene rings is 1. The number of nitrogens with zero attached hydrogens (tertiary/aromatic N) is 4. The van der Waals surface area contributed by atoms with Crippen molar-refractivity contribution in [3.63, 3.8) is 0 Å². The van der Waals surface area contributed by atoms with Crippen molar-refractivity contribution in [3.05, 3.63) is 41.3 Å². The van der Waals surface area contributed by atoms with Gasteiger partial charge in [0.05, 0.1) is 12.6 Å². The summed E-state index contributed by atoms with van der Waals surface area (Å²) in [5.74, 6) is 0.476. The smallest absolute Gasteiger partial charge is 0.321 e. The molecule has 2 heterocycles. The second-order valence-corrected chi connectivity index (χ2v) is 4.61. The Morgan fingerprint density at radius 2 is 1.85 bits per heavy atom. The van der Waals surface area contributed by atoms with Gasteiger partial charge in [-0.05, 0) is 42.8 Å². The number of hydrogen-bond acceptors (Lipinski definition) is 5. The highest BCUT2D eigenvalue weighted by atomic mass is 35.5. The molecule has 0 spiro atoms. The molecule has 0 saturated heterocycles. The number of ether oxygens (including phenoxy) is 1. The van der Waals surface area contributed by atoms with Crippen LogP contribution >= 0.6 is 11.6 Å². The summed E-state index contributed by atoms with van der Waals surface area (Å²) < 4.78 is 5.00. The summed E-state index contributed by atoms with van der Waals surface area (Å²) in [4.78, 5) is 16.6. The van der Waals surface area contributed by atoms with E-state index in [1.54, 1.807) is 0 Å². The van der Waals surface area contributed by atoms with Crippen molar-refractivity contribution in [1.82, 2.24) is 19.9 Å². The summed E-state index contributed by atoms with van der Waals surface area (Å²) >= 11 is 5.86. The fourth-order valence-corrected chi connectivity index (χ4v) is 2.07. The molecule has 0 fully saturated rings. The maximum atomic E-state index is 5.86. The summed E-state index contributed by atoms with van der Waals surface area (Å²) in [7, 11) is 1.49. The molecule has 0 atom stereocenters. The highest BCUT2D eigenvalue weighted by molar-refractivity contribution is 6.28. The molecule has 0 aliphatic rings. The van der Waals surface area contributed by atoms with E-state index < -0.39 is 0 Å². The zero-order valence-electron chi connectivity index (χ0n) is 11.0. The molecule has 100 valence electrons. The Morgan fingerprint density at radius 1 is 1.00 bits per heavy atom. The van der Waals surface area contributed by atoms with E-state index in [0.29, 0.717) is 5.82 Å². The minimum Gasteiger partial charge on any atom is -0.467 e. The first-order chi connectivity index (χ1) is 9.65. The van der Waals surface area contributed by atoms with Crippen LogP contribution in [0.2, 0.25) is 5.28 Å². The van der Waals surface area contributed by atoms with Crippen LogP contribution in [0.3, 0.4) is 0 Å². The van der Waals surface area contributed by atoms with Crippen LogP contribution in [-0.4, -0.2) is 27.0 Å². The van der Waals surface area contributed by atoms with E-state index in [1.807, 2.05) is 37.3 Å². The maximum absolute atomic E-state index is 5.86. The van der Waals surface area contributed by atoms with E-state index in [2.05, 4.69) is 19.9 Å². The van der Waals surface area contributed by atoms with E-state index in [4.69, 9.17) is 16.3 Å². The molecule has 0 aliphatic carbocycles. The number of methoxy groups -OCH3 is 1. The third-order valence-electron chi connectivity index (χ3n) is 2.86. The summed E-state index contributed by atoms with van der Waals surface area (Å²) in [6.45, 7) is 1.96. The van der Waals surface area contributed by atoms with Gasteiger partial charge in [0.25, 0.3) is 0 Å². The lowest BCUT2D eigenvalue weighted by Gasteiger charge is -2.05. The third-order valence-corrected chi connectivity index (χ3v) is 3.03. The molecule has 0 N–H and O–H groups in total. The molecule has 3 rings (SSSR count). The Labute approximate surface area is 120 Å². The fourth-order valence-electron chi connectivity index (χ4n) is 1.92. The summed E-state index contributed by atoms with van der Waals surface area (Å²) in [5.41, 5.74) is 2.75. The second kappa shape index (κ2) is 5.02. The molecule has 3 aromatic rings. The van der Waals surface area contributed by atoms with Gasteiger partial charge < -0.3 is 4.74 Å². The van der Waals surface area contributed by atoms with Gasteiger partial charge in [-0.15, -0.1) is 0 Å². The van der Waals surface area contributed by atoms with Crippen molar-refractivity contribution in [3.8, 4) is 17.4 Å². The zero-order chi connectivity index (χ0) is 14.1. The lowest BCUT2D eigenvalue weighted by atomic mass is 10.1. The van der Waals surface area contributed by atoms with Crippen molar-refractivity contribution in [2.75, 3.05) is 7.11 Å². The van der Waals surface area contributed by atoms with Crippen molar-refractivity contribution in [1.29, 1.82) is 0 Å². The van der Waals surface area contributed by atoms with E-state index in [0.717, 1.165) is 22.2 Å². The predicted octanol–water partition coefficient (Wildman–Crippen LogP) is 3.06. The molecule has 0 saturated carbocycles. The van der Waals surface area contributed by atoms with Crippen molar-refractivity contribution in [2.24, 2.45) is 0 Å². The number of pyridine rings is 1. The Kier molecular flexibility index (Phi) is 3.20.